The highest BCUT2D eigenvalue weighted by atomic mass is 32.2. The number of methoxy groups -OCH3 is 1. The molecule has 0 amide bonds. The number of Topliss-reactive ketones (excluding diaryl/α,β-unsaturated/α-hetero) is 1. The zero-order chi connectivity index (χ0) is 25.0. The maximum atomic E-state index is 13.2. The number of anilines is 1. The van der Waals surface area contributed by atoms with Crippen LogP contribution in [0.4, 0.5) is 5.69 Å². The topological polar surface area (TPSA) is 111 Å². The summed E-state index contributed by atoms with van der Waals surface area (Å²) >= 11 is 0. The van der Waals surface area contributed by atoms with E-state index in [1.807, 2.05) is 6.92 Å². The van der Waals surface area contributed by atoms with Gasteiger partial charge >= 0.3 is 5.97 Å². The number of fused-ring (bicyclic) bond motifs is 1. The van der Waals surface area contributed by atoms with Crippen LogP contribution in [0.15, 0.2) is 93.9 Å². The Morgan fingerprint density at radius 3 is 2.29 bits per heavy atom. The molecular weight excluding hydrogens is 468 g/mol. The average Bonchev–Trinajstić information content (AvgIpc) is 2.87. The standard InChI is InChI=1S/C26H22N2O6S/c1-3-34-17-12-14-18(15-13-17)35(31,32)28-23-16-24(25(29)20-9-5-4-8-19(20)23)27-22-11-7-6-10-21(22)26(30)33-2/h4-16,27H,3H2,1-2H3/b28-23-. The molecule has 4 rings (SSSR count). The van der Waals surface area contributed by atoms with Gasteiger partial charge in [0, 0.05) is 11.1 Å². The summed E-state index contributed by atoms with van der Waals surface area (Å²) in [5, 5.41) is 2.95. The van der Waals surface area contributed by atoms with Crippen molar-refractivity contribution in [3.8, 4) is 5.75 Å². The van der Waals surface area contributed by atoms with E-state index in [4.69, 9.17) is 9.47 Å². The molecule has 178 valence electrons. The minimum Gasteiger partial charge on any atom is -0.494 e. The maximum Gasteiger partial charge on any atom is 0.339 e. The van der Waals surface area contributed by atoms with Gasteiger partial charge in [0.15, 0.2) is 0 Å². The first-order valence-corrected chi connectivity index (χ1v) is 12.2. The summed E-state index contributed by atoms with van der Waals surface area (Å²) in [6.45, 7) is 2.29. The molecule has 0 bridgehead atoms. The van der Waals surface area contributed by atoms with Crippen LogP contribution in [0.3, 0.4) is 0 Å². The van der Waals surface area contributed by atoms with E-state index in [1.165, 1.54) is 25.3 Å². The van der Waals surface area contributed by atoms with Crippen LogP contribution in [0, 0.1) is 0 Å². The summed E-state index contributed by atoms with van der Waals surface area (Å²) in [7, 11) is -2.84. The molecular formula is C26H22N2O6S. The molecule has 0 aromatic heterocycles. The Labute approximate surface area is 203 Å². The van der Waals surface area contributed by atoms with E-state index in [1.54, 1.807) is 60.7 Å². The summed E-state index contributed by atoms with van der Waals surface area (Å²) in [5.74, 6) is -0.398. The van der Waals surface area contributed by atoms with Crippen molar-refractivity contribution in [3.05, 3.63) is 101 Å². The number of esters is 1. The number of para-hydroxylation sites is 1. The third kappa shape index (κ3) is 4.99. The molecule has 0 aliphatic heterocycles. The number of rotatable bonds is 7. The van der Waals surface area contributed by atoms with E-state index in [0.29, 0.717) is 23.6 Å². The van der Waals surface area contributed by atoms with Gasteiger partial charge in [-0.05, 0) is 49.4 Å². The summed E-state index contributed by atoms with van der Waals surface area (Å²) < 4.78 is 40.4. The summed E-state index contributed by atoms with van der Waals surface area (Å²) in [6.07, 6.45) is 1.37. The molecule has 0 atom stereocenters. The van der Waals surface area contributed by atoms with Crippen LogP contribution >= 0.6 is 0 Å². The Morgan fingerprint density at radius 2 is 1.60 bits per heavy atom. The van der Waals surface area contributed by atoms with E-state index in [-0.39, 0.29) is 33.2 Å². The van der Waals surface area contributed by atoms with Gasteiger partial charge in [-0.25, -0.2) is 4.79 Å². The van der Waals surface area contributed by atoms with Crippen LogP contribution in [0.25, 0.3) is 0 Å². The Balaban J connectivity index is 1.78. The number of ether oxygens (including phenoxy) is 2. The molecule has 0 spiro atoms. The lowest BCUT2D eigenvalue weighted by atomic mass is 9.92. The van der Waals surface area contributed by atoms with Crippen LogP contribution in [0.5, 0.6) is 5.75 Å². The fraction of sp³-hybridized carbons (Fsp3) is 0.115. The van der Waals surface area contributed by atoms with Gasteiger partial charge in [0.25, 0.3) is 10.0 Å². The lowest BCUT2D eigenvalue weighted by Gasteiger charge is -2.19. The number of carbonyl (C=O) groups excluding carboxylic acids is 2. The maximum absolute atomic E-state index is 13.2. The molecule has 0 unspecified atom stereocenters. The number of benzene rings is 3. The number of hydrogen-bond acceptors (Lipinski definition) is 7. The van der Waals surface area contributed by atoms with Crippen LogP contribution < -0.4 is 10.1 Å². The third-order valence-corrected chi connectivity index (χ3v) is 6.53. The largest absolute Gasteiger partial charge is 0.494 e. The van der Waals surface area contributed by atoms with Crippen molar-refractivity contribution in [3.63, 3.8) is 0 Å². The van der Waals surface area contributed by atoms with E-state index >= 15 is 0 Å². The molecule has 3 aromatic rings. The van der Waals surface area contributed by atoms with Gasteiger partial charge in [-0.2, -0.15) is 12.8 Å². The van der Waals surface area contributed by atoms with Gasteiger partial charge < -0.3 is 14.8 Å². The van der Waals surface area contributed by atoms with Crippen molar-refractivity contribution in [1.29, 1.82) is 0 Å². The van der Waals surface area contributed by atoms with Crippen molar-refractivity contribution in [1.82, 2.24) is 0 Å². The molecule has 0 saturated heterocycles. The molecule has 0 radical (unpaired) electrons. The predicted molar refractivity (Wildman–Crippen MR) is 132 cm³/mol. The van der Waals surface area contributed by atoms with Crippen molar-refractivity contribution in [2.75, 3.05) is 19.0 Å². The number of hydrogen-bond donors (Lipinski definition) is 1. The predicted octanol–water partition coefficient (Wildman–Crippen LogP) is 4.24. The fourth-order valence-corrected chi connectivity index (χ4v) is 4.58. The van der Waals surface area contributed by atoms with Crippen LogP contribution in [0.2, 0.25) is 0 Å². The van der Waals surface area contributed by atoms with Crippen LogP contribution in [0.1, 0.15) is 33.2 Å². The molecule has 1 aliphatic rings. The number of sulfonamides is 1. The van der Waals surface area contributed by atoms with Gasteiger partial charge in [0.05, 0.1) is 41.3 Å². The first kappa shape index (κ1) is 23.9. The smallest absolute Gasteiger partial charge is 0.339 e. The van der Waals surface area contributed by atoms with Gasteiger partial charge in [0.1, 0.15) is 5.75 Å². The van der Waals surface area contributed by atoms with Gasteiger partial charge in [0.2, 0.25) is 5.78 Å². The Hall–Kier alpha value is -4.24. The highest BCUT2D eigenvalue weighted by molar-refractivity contribution is 7.90. The monoisotopic (exact) mass is 490 g/mol. The zero-order valence-electron chi connectivity index (χ0n) is 19.0. The minimum atomic E-state index is -4.10. The molecule has 0 saturated carbocycles. The van der Waals surface area contributed by atoms with Crippen molar-refractivity contribution in [2.45, 2.75) is 11.8 Å². The second-order valence-electron chi connectivity index (χ2n) is 7.45. The Morgan fingerprint density at radius 1 is 0.943 bits per heavy atom. The van der Waals surface area contributed by atoms with Gasteiger partial charge in [-0.15, -0.1) is 0 Å². The number of nitrogens with one attached hydrogen (secondary N) is 1. The molecule has 0 fully saturated rings. The normalized spacial score (nSPS) is 14.2. The van der Waals surface area contributed by atoms with Crippen LogP contribution in [-0.4, -0.2) is 39.6 Å². The highest BCUT2D eigenvalue weighted by Crippen LogP contribution is 2.27. The molecule has 3 aromatic carbocycles. The molecule has 1 aliphatic carbocycles. The molecule has 0 heterocycles. The van der Waals surface area contributed by atoms with E-state index in [2.05, 4.69) is 9.71 Å². The van der Waals surface area contributed by atoms with Crippen LogP contribution in [-0.2, 0) is 14.8 Å². The van der Waals surface area contributed by atoms with Gasteiger partial charge in [-0.3, -0.25) is 4.79 Å². The first-order chi connectivity index (χ1) is 16.8. The Kier molecular flexibility index (Phi) is 6.79. The third-order valence-electron chi connectivity index (χ3n) is 5.23. The summed E-state index contributed by atoms with van der Waals surface area (Å²) in [4.78, 5) is 25.3. The number of ketones is 1. The van der Waals surface area contributed by atoms with E-state index in [9.17, 15) is 18.0 Å². The number of carbonyl (C=O) groups is 2. The Bertz CT molecular complexity index is 1460. The average molecular weight is 491 g/mol. The minimum absolute atomic E-state index is 0.0122. The first-order valence-electron chi connectivity index (χ1n) is 10.7. The van der Waals surface area contributed by atoms with Gasteiger partial charge in [-0.1, -0.05) is 36.4 Å². The molecule has 9 heteroatoms. The van der Waals surface area contributed by atoms with Crippen molar-refractivity contribution < 1.29 is 27.5 Å². The van der Waals surface area contributed by atoms with Crippen molar-refractivity contribution >= 4 is 33.2 Å². The summed E-state index contributed by atoms with van der Waals surface area (Å²) in [6, 6.07) is 19.1. The number of nitrogens with zero attached hydrogens (tertiary/aromatic N) is 1. The number of allylic oxidation sites excluding steroid dienone is 2. The second kappa shape index (κ2) is 9.94. The quantitative estimate of drug-likeness (QED) is 0.493. The molecule has 8 nitrogen and oxygen atoms in total. The summed E-state index contributed by atoms with van der Waals surface area (Å²) in [5.41, 5.74) is 1.40. The van der Waals surface area contributed by atoms with Crippen molar-refractivity contribution in [2.24, 2.45) is 4.40 Å². The molecule has 35 heavy (non-hydrogen) atoms. The zero-order valence-corrected chi connectivity index (χ0v) is 19.8. The SMILES string of the molecule is CCOc1ccc(S(=O)(=O)/N=C2/C=C(Nc3ccccc3C(=O)OC)C(=O)c3ccccc32)cc1. The lowest BCUT2D eigenvalue weighted by Crippen LogP contribution is -2.23. The van der Waals surface area contributed by atoms with E-state index in [0.717, 1.165) is 0 Å². The fourth-order valence-electron chi connectivity index (χ4n) is 3.58. The molecule has 1 N–H and O–H groups in total. The van der Waals surface area contributed by atoms with E-state index < -0.39 is 16.0 Å². The lowest BCUT2D eigenvalue weighted by molar-refractivity contribution is 0.0601. The second-order valence-corrected chi connectivity index (χ2v) is 9.06. The highest BCUT2D eigenvalue weighted by Gasteiger charge is 2.27.